The lowest BCUT2D eigenvalue weighted by molar-refractivity contribution is -0.137. The minimum atomic E-state index is -0.358. The van der Waals surface area contributed by atoms with Crippen molar-refractivity contribution in [3.8, 4) is 0 Å². The smallest absolute Gasteiger partial charge is 0.228 e. The van der Waals surface area contributed by atoms with Crippen molar-refractivity contribution < 1.29 is 14.3 Å². The first-order valence-corrected chi connectivity index (χ1v) is 8.68. The first-order valence-electron chi connectivity index (χ1n) is 8.68. The van der Waals surface area contributed by atoms with E-state index < -0.39 is 0 Å². The minimum Gasteiger partial charge on any atom is -0.384 e. The predicted octanol–water partition coefficient (Wildman–Crippen LogP) is 1.99. The van der Waals surface area contributed by atoms with Gasteiger partial charge in [0.2, 0.25) is 5.91 Å². The van der Waals surface area contributed by atoms with Crippen molar-refractivity contribution in [1.82, 2.24) is 10.6 Å². The van der Waals surface area contributed by atoms with E-state index in [0.717, 1.165) is 51.9 Å². The molecule has 23 heavy (non-hydrogen) atoms. The molecule has 2 N–H and O–H groups in total. The zero-order valence-electron chi connectivity index (χ0n) is 14.7. The fourth-order valence-corrected chi connectivity index (χ4v) is 3.85. The highest BCUT2D eigenvalue weighted by molar-refractivity contribution is 5.85. The van der Waals surface area contributed by atoms with Gasteiger partial charge in [0, 0.05) is 26.2 Å². The molecule has 0 aromatic heterocycles. The summed E-state index contributed by atoms with van der Waals surface area (Å²) < 4.78 is 11.3. The van der Waals surface area contributed by atoms with Gasteiger partial charge in [0.25, 0.3) is 0 Å². The molecule has 0 spiro atoms. The fourth-order valence-electron chi connectivity index (χ4n) is 3.85. The Hall–Kier alpha value is -0.360. The molecule has 2 fully saturated rings. The number of nitrogens with one attached hydrogen (secondary N) is 2. The van der Waals surface area contributed by atoms with Crippen molar-refractivity contribution in [3.05, 3.63) is 0 Å². The van der Waals surface area contributed by atoms with Crippen LogP contribution in [0.5, 0.6) is 0 Å². The summed E-state index contributed by atoms with van der Waals surface area (Å²) in [7, 11) is 1.68. The normalized spacial score (nSPS) is 27.3. The molecule has 2 atom stereocenters. The Labute approximate surface area is 146 Å². The number of amides is 1. The second kappa shape index (κ2) is 9.82. The molecule has 2 saturated heterocycles. The molecular weight excluding hydrogens is 316 g/mol. The van der Waals surface area contributed by atoms with Crippen LogP contribution >= 0.6 is 12.4 Å². The summed E-state index contributed by atoms with van der Waals surface area (Å²) in [5.74, 6) is 1.08. The molecule has 0 aliphatic carbocycles. The second-order valence-corrected chi connectivity index (χ2v) is 7.16. The third kappa shape index (κ3) is 5.31. The molecule has 6 heteroatoms. The van der Waals surface area contributed by atoms with Crippen LogP contribution in [-0.4, -0.2) is 52.0 Å². The zero-order valence-corrected chi connectivity index (χ0v) is 15.5. The summed E-state index contributed by atoms with van der Waals surface area (Å²) in [6.07, 6.45) is 4.20. The molecule has 2 aliphatic rings. The van der Waals surface area contributed by atoms with Crippen LogP contribution in [0.1, 0.15) is 39.5 Å². The standard InChI is InChI=1S/C17H32N2O3.ClH/c1-13(2)15-14(5-4-10-22-15)11-19-16(20)17(12-21-3)6-8-18-9-7-17;/h13-15,18H,4-12H2,1-3H3,(H,19,20);1H. The SMILES string of the molecule is COCC1(C(=O)NCC2CCCOC2C(C)C)CCNCC1.Cl. The Morgan fingerprint density at radius 1 is 1.39 bits per heavy atom. The summed E-state index contributed by atoms with van der Waals surface area (Å²) in [6, 6.07) is 0. The highest BCUT2D eigenvalue weighted by Gasteiger charge is 2.40. The number of ether oxygens (including phenoxy) is 2. The van der Waals surface area contributed by atoms with Gasteiger partial charge in [-0.25, -0.2) is 0 Å². The molecule has 2 rings (SSSR count). The Morgan fingerprint density at radius 2 is 2.09 bits per heavy atom. The van der Waals surface area contributed by atoms with Crippen molar-refractivity contribution in [3.63, 3.8) is 0 Å². The molecule has 136 valence electrons. The quantitative estimate of drug-likeness (QED) is 0.770. The Balaban J connectivity index is 0.00000264. The van der Waals surface area contributed by atoms with Crippen LogP contribution in [-0.2, 0) is 14.3 Å². The van der Waals surface area contributed by atoms with Crippen LogP contribution in [0.4, 0.5) is 0 Å². The Morgan fingerprint density at radius 3 is 2.70 bits per heavy atom. The molecule has 2 aliphatic heterocycles. The van der Waals surface area contributed by atoms with Gasteiger partial charge in [-0.15, -0.1) is 12.4 Å². The highest BCUT2D eigenvalue weighted by atomic mass is 35.5. The maximum absolute atomic E-state index is 12.8. The summed E-state index contributed by atoms with van der Waals surface area (Å²) >= 11 is 0. The van der Waals surface area contributed by atoms with Crippen LogP contribution in [0.2, 0.25) is 0 Å². The zero-order chi connectivity index (χ0) is 16.0. The topological polar surface area (TPSA) is 59.6 Å². The van der Waals surface area contributed by atoms with Crippen LogP contribution in [0, 0.1) is 17.3 Å². The van der Waals surface area contributed by atoms with Gasteiger partial charge in [-0.3, -0.25) is 4.79 Å². The lowest BCUT2D eigenvalue weighted by Crippen LogP contribution is -2.52. The molecular formula is C17H33ClN2O3. The van der Waals surface area contributed by atoms with E-state index in [1.165, 1.54) is 0 Å². The maximum Gasteiger partial charge on any atom is 0.228 e. The van der Waals surface area contributed by atoms with Gasteiger partial charge in [-0.2, -0.15) is 0 Å². The Bertz CT molecular complexity index is 354. The number of carbonyl (C=O) groups excluding carboxylic acids is 1. The van der Waals surface area contributed by atoms with E-state index in [1.807, 2.05) is 0 Å². The molecule has 0 aromatic carbocycles. The lowest BCUT2D eigenvalue weighted by Gasteiger charge is -2.38. The highest BCUT2D eigenvalue weighted by Crippen LogP contribution is 2.30. The van der Waals surface area contributed by atoms with Crippen LogP contribution in [0.3, 0.4) is 0 Å². The largest absolute Gasteiger partial charge is 0.384 e. The van der Waals surface area contributed by atoms with Gasteiger partial charge in [0.15, 0.2) is 0 Å². The van der Waals surface area contributed by atoms with E-state index in [9.17, 15) is 4.79 Å². The molecule has 2 heterocycles. The van der Waals surface area contributed by atoms with Gasteiger partial charge >= 0.3 is 0 Å². The van der Waals surface area contributed by atoms with E-state index in [0.29, 0.717) is 18.4 Å². The maximum atomic E-state index is 12.8. The average molecular weight is 349 g/mol. The number of rotatable bonds is 6. The summed E-state index contributed by atoms with van der Waals surface area (Å²) in [6.45, 7) is 8.26. The first-order chi connectivity index (χ1) is 10.6. The van der Waals surface area contributed by atoms with Gasteiger partial charge < -0.3 is 20.1 Å². The van der Waals surface area contributed by atoms with Gasteiger partial charge in [0.05, 0.1) is 18.1 Å². The summed E-state index contributed by atoms with van der Waals surface area (Å²) in [5.41, 5.74) is -0.358. The van der Waals surface area contributed by atoms with Crippen LogP contribution in [0.25, 0.3) is 0 Å². The first kappa shape index (κ1) is 20.7. The van der Waals surface area contributed by atoms with Crippen molar-refractivity contribution >= 4 is 18.3 Å². The number of hydrogen-bond acceptors (Lipinski definition) is 4. The van der Waals surface area contributed by atoms with E-state index in [-0.39, 0.29) is 29.8 Å². The van der Waals surface area contributed by atoms with Crippen molar-refractivity contribution in [1.29, 1.82) is 0 Å². The van der Waals surface area contributed by atoms with Crippen LogP contribution < -0.4 is 10.6 Å². The van der Waals surface area contributed by atoms with Gasteiger partial charge in [-0.1, -0.05) is 13.8 Å². The Kier molecular flexibility index (Phi) is 8.83. The van der Waals surface area contributed by atoms with Crippen molar-refractivity contribution in [2.24, 2.45) is 17.3 Å². The fraction of sp³-hybridized carbons (Fsp3) is 0.941. The second-order valence-electron chi connectivity index (χ2n) is 7.16. The molecule has 2 unspecified atom stereocenters. The summed E-state index contributed by atoms with van der Waals surface area (Å²) in [4.78, 5) is 12.8. The molecule has 0 bridgehead atoms. The average Bonchev–Trinajstić information content (AvgIpc) is 2.54. The van der Waals surface area contributed by atoms with Crippen molar-refractivity contribution in [2.45, 2.75) is 45.6 Å². The van der Waals surface area contributed by atoms with Gasteiger partial charge in [0.1, 0.15) is 0 Å². The molecule has 5 nitrogen and oxygen atoms in total. The van der Waals surface area contributed by atoms with Crippen molar-refractivity contribution in [2.75, 3.05) is 40.0 Å². The number of hydrogen-bond donors (Lipinski definition) is 2. The number of piperidine rings is 1. The molecule has 0 radical (unpaired) electrons. The third-order valence-corrected chi connectivity index (χ3v) is 5.14. The van der Waals surface area contributed by atoms with E-state index >= 15 is 0 Å². The lowest BCUT2D eigenvalue weighted by atomic mass is 9.78. The van der Waals surface area contributed by atoms with E-state index in [1.54, 1.807) is 7.11 Å². The number of carbonyl (C=O) groups is 1. The number of halogens is 1. The van der Waals surface area contributed by atoms with E-state index in [4.69, 9.17) is 9.47 Å². The molecule has 0 saturated carbocycles. The third-order valence-electron chi connectivity index (χ3n) is 5.14. The molecule has 0 aromatic rings. The van der Waals surface area contributed by atoms with Crippen LogP contribution in [0.15, 0.2) is 0 Å². The minimum absolute atomic E-state index is 0. The summed E-state index contributed by atoms with van der Waals surface area (Å²) in [5, 5.41) is 6.53. The molecule has 1 amide bonds. The van der Waals surface area contributed by atoms with Gasteiger partial charge in [-0.05, 0) is 44.7 Å². The van der Waals surface area contributed by atoms with E-state index in [2.05, 4.69) is 24.5 Å². The predicted molar refractivity (Wildman–Crippen MR) is 94.0 cm³/mol. The monoisotopic (exact) mass is 348 g/mol. The number of methoxy groups -OCH3 is 1.